The van der Waals surface area contributed by atoms with Gasteiger partial charge in [0.1, 0.15) is 11.6 Å². The Morgan fingerprint density at radius 1 is 1.35 bits per heavy atom. The van der Waals surface area contributed by atoms with E-state index < -0.39 is 0 Å². The van der Waals surface area contributed by atoms with Crippen molar-refractivity contribution in [2.24, 2.45) is 17.8 Å². The van der Waals surface area contributed by atoms with Crippen LogP contribution in [0.2, 0.25) is 0 Å². The maximum Gasteiger partial charge on any atom is 0.143 e. The van der Waals surface area contributed by atoms with Crippen LogP contribution in [0.3, 0.4) is 0 Å². The number of imidazole rings is 1. The van der Waals surface area contributed by atoms with Gasteiger partial charge in [0.2, 0.25) is 0 Å². The number of hydrogen-bond donors (Lipinski definition) is 0. The predicted molar refractivity (Wildman–Crippen MR) is 81.5 cm³/mol. The Labute approximate surface area is 122 Å². The summed E-state index contributed by atoms with van der Waals surface area (Å²) in [5.74, 6) is 3.20. The number of Topliss-reactive ketones (excluding diaryl/α,β-unsaturated/α-hetero) is 1. The summed E-state index contributed by atoms with van der Waals surface area (Å²) in [6.45, 7) is 7.71. The van der Waals surface area contributed by atoms with Crippen molar-refractivity contribution in [2.45, 2.75) is 65.8 Å². The molecule has 1 aliphatic carbocycles. The van der Waals surface area contributed by atoms with E-state index in [2.05, 4.69) is 30.3 Å². The zero-order valence-electron chi connectivity index (χ0n) is 13.1. The molecule has 3 heteroatoms. The highest BCUT2D eigenvalue weighted by Gasteiger charge is 2.28. The minimum atomic E-state index is 0.275. The van der Waals surface area contributed by atoms with Crippen molar-refractivity contribution >= 4 is 5.78 Å². The van der Waals surface area contributed by atoms with Gasteiger partial charge >= 0.3 is 0 Å². The minimum Gasteiger partial charge on any atom is -0.335 e. The van der Waals surface area contributed by atoms with Gasteiger partial charge in [0.05, 0.1) is 6.42 Å². The van der Waals surface area contributed by atoms with Crippen molar-refractivity contribution in [1.29, 1.82) is 0 Å². The first kappa shape index (κ1) is 15.3. The van der Waals surface area contributed by atoms with Crippen molar-refractivity contribution in [3.05, 3.63) is 18.2 Å². The number of aromatic nitrogens is 2. The Balaban J connectivity index is 1.88. The fraction of sp³-hybridized carbons (Fsp3) is 0.765. The molecule has 0 amide bonds. The van der Waals surface area contributed by atoms with Crippen LogP contribution in [-0.4, -0.2) is 15.3 Å². The predicted octanol–water partition coefficient (Wildman–Crippen LogP) is 3.87. The second kappa shape index (κ2) is 7.05. The smallest absolute Gasteiger partial charge is 0.143 e. The number of aryl methyl sites for hydroxylation is 1. The lowest BCUT2D eigenvalue weighted by atomic mass is 9.75. The summed E-state index contributed by atoms with van der Waals surface area (Å²) < 4.78 is 2.12. The fourth-order valence-electron chi connectivity index (χ4n) is 3.36. The molecule has 0 atom stereocenters. The molecule has 0 saturated heterocycles. The van der Waals surface area contributed by atoms with E-state index in [1.54, 1.807) is 0 Å². The van der Waals surface area contributed by atoms with Crippen molar-refractivity contribution < 1.29 is 4.79 Å². The Bertz CT molecular complexity index is 428. The van der Waals surface area contributed by atoms with Gasteiger partial charge in [-0.25, -0.2) is 4.98 Å². The molecule has 20 heavy (non-hydrogen) atoms. The summed E-state index contributed by atoms with van der Waals surface area (Å²) in [5.41, 5.74) is 0. The van der Waals surface area contributed by atoms with Crippen LogP contribution in [0, 0.1) is 17.8 Å². The summed E-state index contributed by atoms with van der Waals surface area (Å²) in [5, 5.41) is 0. The second-order valence-electron chi connectivity index (χ2n) is 6.54. The molecule has 0 unspecified atom stereocenters. The fourth-order valence-corrected chi connectivity index (χ4v) is 3.36. The number of rotatable bonds is 6. The number of carbonyl (C=O) groups is 1. The maximum atomic E-state index is 12.4. The van der Waals surface area contributed by atoms with Crippen LogP contribution >= 0.6 is 0 Å². The normalized spacial score (nSPS) is 23.2. The van der Waals surface area contributed by atoms with Gasteiger partial charge in [-0.05, 0) is 43.9 Å². The third-order valence-corrected chi connectivity index (χ3v) is 4.77. The monoisotopic (exact) mass is 276 g/mol. The lowest BCUT2D eigenvalue weighted by molar-refractivity contribution is -0.123. The molecule has 1 aliphatic rings. The molecule has 1 saturated carbocycles. The van der Waals surface area contributed by atoms with Gasteiger partial charge in [0.15, 0.2) is 0 Å². The van der Waals surface area contributed by atoms with Gasteiger partial charge in [0, 0.05) is 24.9 Å². The largest absolute Gasteiger partial charge is 0.335 e. The van der Waals surface area contributed by atoms with Crippen LogP contribution in [0.15, 0.2) is 12.4 Å². The third kappa shape index (κ3) is 3.71. The van der Waals surface area contributed by atoms with Crippen LogP contribution in [0.25, 0.3) is 0 Å². The van der Waals surface area contributed by atoms with Crippen LogP contribution < -0.4 is 0 Å². The topological polar surface area (TPSA) is 34.9 Å². The van der Waals surface area contributed by atoms with Crippen LogP contribution in [0.4, 0.5) is 0 Å². The molecule has 0 spiro atoms. The van der Waals surface area contributed by atoms with E-state index in [-0.39, 0.29) is 5.92 Å². The van der Waals surface area contributed by atoms with E-state index in [0.29, 0.717) is 12.2 Å². The van der Waals surface area contributed by atoms with Crippen LogP contribution in [0.5, 0.6) is 0 Å². The quantitative estimate of drug-likeness (QED) is 0.790. The molecular formula is C17H28N2O. The number of hydrogen-bond acceptors (Lipinski definition) is 2. The Morgan fingerprint density at radius 2 is 2.05 bits per heavy atom. The van der Waals surface area contributed by atoms with E-state index in [0.717, 1.165) is 43.5 Å². The van der Waals surface area contributed by atoms with Crippen molar-refractivity contribution in [2.75, 3.05) is 0 Å². The molecule has 0 N–H and O–H groups in total. The highest BCUT2D eigenvalue weighted by Crippen LogP contribution is 2.34. The molecule has 112 valence electrons. The first-order valence-electron chi connectivity index (χ1n) is 8.14. The summed E-state index contributed by atoms with van der Waals surface area (Å²) in [6, 6.07) is 0. The van der Waals surface area contributed by atoms with Crippen LogP contribution in [0.1, 0.15) is 58.7 Å². The highest BCUT2D eigenvalue weighted by molar-refractivity contribution is 5.82. The summed E-state index contributed by atoms with van der Waals surface area (Å²) >= 11 is 0. The zero-order chi connectivity index (χ0) is 14.5. The van der Waals surface area contributed by atoms with Gasteiger partial charge in [-0.3, -0.25) is 4.79 Å². The first-order chi connectivity index (χ1) is 9.61. The van der Waals surface area contributed by atoms with Crippen molar-refractivity contribution in [3.63, 3.8) is 0 Å². The average Bonchev–Trinajstić information content (AvgIpc) is 2.86. The molecule has 1 heterocycles. The molecule has 1 aromatic heterocycles. The van der Waals surface area contributed by atoms with Gasteiger partial charge in [-0.15, -0.1) is 0 Å². The average molecular weight is 276 g/mol. The highest BCUT2D eigenvalue weighted by atomic mass is 16.1. The maximum absolute atomic E-state index is 12.4. The first-order valence-corrected chi connectivity index (χ1v) is 8.14. The molecule has 1 aromatic rings. The molecule has 3 nitrogen and oxygen atoms in total. The van der Waals surface area contributed by atoms with Gasteiger partial charge in [0.25, 0.3) is 0 Å². The number of nitrogens with zero attached hydrogens (tertiary/aromatic N) is 2. The van der Waals surface area contributed by atoms with E-state index >= 15 is 0 Å². The van der Waals surface area contributed by atoms with E-state index in [1.165, 1.54) is 12.8 Å². The lowest BCUT2D eigenvalue weighted by Gasteiger charge is -2.30. The third-order valence-electron chi connectivity index (χ3n) is 4.77. The van der Waals surface area contributed by atoms with Gasteiger partial charge < -0.3 is 4.57 Å². The zero-order valence-corrected chi connectivity index (χ0v) is 13.1. The summed E-state index contributed by atoms with van der Waals surface area (Å²) in [4.78, 5) is 16.8. The molecule has 0 radical (unpaired) electrons. The van der Waals surface area contributed by atoms with Crippen molar-refractivity contribution in [3.8, 4) is 0 Å². The Kier molecular flexibility index (Phi) is 5.38. The number of ketones is 1. The minimum absolute atomic E-state index is 0.275. The molecule has 1 fully saturated rings. The lowest BCUT2D eigenvalue weighted by Crippen LogP contribution is -2.26. The van der Waals surface area contributed by atoms with Gasteiger partial charge in [-0.2, -0.15) is 0 Å². The standard InChI is InChI=1S/C17H28N2O/c1-4-10-19-11-9-18-17(19)12-16(20)15-7-5-14(6-8-15)13(2)3/h9,11,13-15H,4-8,10,12H2,1-3H3. The molecule has 0 aliphatic heterocycles. The van der Waals surface area contributed by atoms with E-state index in [4.69, 9.17) is 0 Å². The Morgan fingerprint density at radius 3 is 2.65 bits per heavy atom. The number of carbonyl (C=O) groups excluding carboxylic acids is 1. The molecular weight excluding hydrogens is 248 g/mol. The van der Waals surface area contributed by atoms with E-state index in [9.17, 15) is 4.79 Å². The van der Waals surface area contributed by atoms with Crippen molar-refractivity contribution in [1.82, 2.24) is 9.55 Å². The molecule has 0 aromatic carbocycles. The Hall–Kier alpha value is -1.12. The summed E-state index contributed by atoms with van der Waals surface area (Å²) in [6.07, 6.45) is 10.00. The SMILES string of the molecule is CCCn1ccnc1CC(=O)C1CCC(C(C)C)CC1. The van der Waals surface area contributed by atoms with Gasteiger partial charge in [-0.1, -0.05) is 20.8 Å². The molecule has 2 rings (SSSR count). The van der Waals surface area contributed by atoms with E-state index in [1.807, 2.05) is 12.4 Å². The molecule has 0 bridgehead atoms. The summed E-state index contributed by atoms with van der Waals surface area (Å²) in [7, 11) is 0. The van der Waals surface area contributed by atoms with Crippen LogP contribution in [-0.2, 0) is 17.8 Å². The second-order valence-corrected chi connectivity index (χ2v) is 6.54.